The monoisotopic (exact) mass is 179 g/mol. The van der Waals surface area contributed by atoms with Gasteiger partial charge in [0.1, 0.15) is 0 Å². The Morgan fingerprint density at radius 2 is 2.00 bits per heavy atom. The largest absolute Gasteiger partial charge is 0.550 e. The lowest BCUT2D eigenvalue weighted by atomic mass is 10.3. The van der Waals surface area contributed by atoms with Crippen molar-refractivity contribution in [3.8, 4) is 0 Å². The Morgan fingerprint density at radius 3 is 2.27 bits per heavy atom. The zero-order valence-corrected chi connectivity index (χ0v) is 7.89. The fourth-order valence-electron chi connectivity index (χ4n) is 0.840. The van der Waals surface area contributed by atoms with Gasteiger partial charge in [-0.25, -0.2) is 0 Å². The molecule has 0 spiro atoms. The van der Waals surface area contributed by atoms with Crippen molar-refractivity contribution in [3.05, 3.63) is 0 Å². The summed E-state index contributed by atoms with van der Waals surface area (Å²) in [6, 6.07) is 0. The van der Waals surface area contributed by atoms with Crippen molar-refractivity contribution in [1.29, 1.82) is 0 Å². The second kappa shape index (κ2) is 3.93. The molecule has 66 valence electrons. The number of carboxylic acid groups (broad SMARTS) is 1. The van der Waals surface area contributed by atoms with E-state index in [0.29, 0.717) is 11.0 Å². The van der Waals surface area contributed by atoms with Gasteiger partial charge in [-0.15, -0.1) is 11.6 Å². The molecule has 0 aliphatic rings. The molecule has 0 amide bonds. The van der Waals surface area contributed by atoms with E-state index in [4.69, 9.17) is 11.6 Å². The van der Waals surface area contributed by atoms with Crippen LogP contribution in [-0.4, -0.2) is 43.5 Å². The van der Waals surface area contributed by atoms with Crippen molar-refractivity contribution in [2.75, 3.05) is 27.7 Å². The maximum atomic E-state index is 10.1. The predicted octanol–water partition coefficient (Wildman–Crippen LogP) is -0.560. The number of carbonyl (C=O) groups is 1. The standard InChI is InChI=1S/C7H14ClNO2/c1-9(2,3)5-6(8)4-7(10)11/h6H,4-5H2,1-3H3/t6-/m1/s1. The number of carboxylic acids is 1. The summed E-state index contributed by atoms with van der Waals surface area (Å²) < 4.78 is 0.668. The molecule has 0 aromatic rings. The Labute approximate surface area is 72.2 Å². The van der Waals surface area contributed by atoms with Crippen LogP contribution in [0.25, 0.3) is 0 Å². The highest BCUT2D eigenvalue weighted by molar-refractivity contribution is 6.21. The summed E-state index contributed by atoms with van der Waals surface area (Å²) >= 11 is 5.72. The van der Waals surface area contributed by atoms with Crippen molar-refractivity contribution in [1.82, 2.24) is 0 Å². The van der Waals surface area contributed by atoms with E-state index in [2.05, 4.69) is 0 Å². The van der Waals surface area contributed by atoms with Gasteiger partial charge in [-0.3, -0.25) is 0 Å². The van der Waals surface area contributed by atoms with Gasteiger partial charge in [0.2, 0.25) is 0 Å². The molecule has 0 saturated heterocycles. The second-order valence-electron chi connectivity index (χ2n) is 3.65. The first-order valence-electron chi connectivity index (χ1n) is 3.45. The number of hydrogen-bond acceptors (Lipinski definition) is 2. The smallest absolute Gasteiger partial charge is 0.0950 e. The Morgan fingerprint density at radius 1 is 1.55 bits per heavy atom. The minimum atomic E-state index is -1.08. The highest BCUT2D eigenvalue weighted by atomic mass is 35.5. The molecule has 0 aliphatic carbocycles. The van der Waals surface area contributed by atoms with Crippen molar-refractivity contribution < 1.29 is 14.4 Å². The zero-order chi connectivity index (χ0) is 9.07. The van der Waals surface area contributed by atoms with Crippen LogP contribution in [0.15, 0.2) is 0 Å². The van der Waals surface area contributed by atoms with Crippen LogP contribution in [-0.2, 0) is 4.79 Å². The Bertz CT molecular complexity index is 142. The van der Waals surface area contributed by atoms with Gasteiger partial charge in [-0.2, -0.15) is 0 Å². The number of alkyl halides is 1. The van der Waals surface area contributed by atoms with E-state index < -0.39 is 5.97 Å². The SMILES string of the molecule is C[N+](C)(C)C[C@H](Cl)CC(=O)[O-]. The third-order valence-electron chi connectivity index (χ3n) is 1.13. The van der Waals surface area contributed by atoms with Crippen LogP contribution in [0.3, 0.4) is 0 Å². The van der Waals surface area contributed by atoms with E-state index in [9.17, 15) is 9.90 Å². The Kier molecular flexibility index (Phi) is 3.83. The molecule has 1 atom stereocenters. The minimum absolute atomic E-state index is 0.0723. The number of quaternary nitrogens is 1. The average Bonchev–Trinajstić information content (AvgIpc) is 1.53. The fraction of sp³-hybridized carbons (Fsp3) is 0.857. The normalized spacial score (nSPS) is 14.5. The molecule has 11 heavy (non-hydrogen) atoms. The molecule has 0 heterocycles. The number of rotatable bonds is 4. The molecule has 0 saturated carbocycles. The van der Waals surface area contributed by atoms with E-state index in [0.717, 1.165) is 0 Å². The van der Waals surface area contributed by atoms with Crippen molar-refractivity contribution in [2.24, 2.45) is 0 Å². The van der Waals surface area contributed by atoms with Crippen LogP contribution >= 0.6 is 11.6 Å². The lowest BCUT2D eigenvalue weighted by Gasteiger charge is -2.26. The first-order chi connectivity index (χ1) is 4.81. The molecule has 0 aliphatic heterocycles. The molecular formula is C7H14ClNO2. The maximum Gasteiger partial charge on any atom is 0.0950 e. The van der Waals surface area contributed by atoms with E-state index >= 15 is 0 Å². The number of carbonyl (C=O) groups excluding carboxylic acids is 1. The number of nitrogens with zero attached hydrogens (tertiary/aromatic N) is 1. The summed E-state index contributed by atoms with van der Waals surface area (Å²) in [5, 5.41) is 9.76. The second-order valence-corrected chi connectivity index (χ2v) is 4.26. The Hall–Kier alpha value is -0.280. The lowest BCUT2D eigenvalue weighted by Crippen LogP contribution is -2.41. The molecule has 4 heteroatoms. The molecule has 0 N–H and O–H groups in total. The van der Waals surface area contributed by atoms with Crippen LogP contribution in [0.1, 0.15) is 6.42 Å². The van der Waals surface area contributed by atoms with Gasteiger partial charge in [0, 0.05) is 12.4 Å². The predicted molar refractivity (Wildman–Crippen MR) is 42.2 cm³/mol. The first-order valence-corrected chi connectivity index (χ1v) is 3.89. The molecular weight excluding hydrogens is 166 g/mol. The van der Waals surface area contributed by atoms with Gasteiger partial charge in [0.25, 0.3) is 0 Å². The lowest BCUT2D eigenvalue weighted by molar-refractivity contribution is -0.869. The van der Waals surface area contributed by atoms with E-state index in [1.807, 2.05) is 21.1 Å². The molecule has 0 radical (unpaired) electrons. The van der Waals surface area contributed by atoms with Crippen LogP contribution in [0.2, 0.25) is 0 Å². The molecule has 0 rings (SSSR count). The molecule has 0 unspecified atom stereocenters. The highest BCUT2D eigenvalue weighted by Gasteiger charge is 2.15. The molecule has 0 bridgehead atoms. The molecule has 0 aromatic carbocycles. The molecule has 0 fully saturated rings. The van der Waals surface area contributed by atoms with Gasteiger partial charge in [0.05, 0.1) is 33.1 Å². The maximum absolute atomic E-state index is 10.1. The van der Waals surface area contributed by atoms with Gasteiger partial charge >= 0.3 is 0 Å². The average molecular weight is 180 g/mol. The van der Waals surface area contributed by atoms with E-state index in [-0.39, 0.29) is 11.8 Å². The number of halogens is 1. The zero-order valence-electron chi connectivity index (χ0n) is 7.13. The summed E-state index contributed by atoms with van der Waals surface area (Å²) in [5.41, 5.74) is 0. The van der Waals surface area contributed by atoms with Crippen LogP contribution < -0.4 is 5.11 Å². The third kappa shape index (κ3) is 7.62. The van der Waals surface area contributed by atoms with Crippen molar-refractivity contribution in [3.63, 3.8) is 0 Å². The van der Waals surface area contributed by atoms with Crippen molar-refractivity contribution >= 4 is 17.6 Å². The van der Waals surface area contributed by atoms with Crippen LogP contribution in [0.5, 0.6) is 0 Å². The number of aliphatic carboxylic acids is 1. The molecule has 0 aromatic heterocycles. The molecule has 3 nitrogen and oxygen atoms in total. The van der Waals surface area contributed by atoms with Crippen LogP contribution in [0.4, 0.5) is 0 Å². The highest BCUT2D eigenvalue weighted by Crippen LogP contribution is 2.05. The third-order valence-corrected chi connectivity index (χ3v) is 1.43. The van der Waals surface area contributed by atoms with E-state index in [1.165, 1.54) is 0 Å². The van der Waals surface area contributed by atoms with E-state index in [1.54, 1.807) is 0 Å². The number of hydrogen-bond donors (Lipinski definition) is 0. The van der Waals surface area contributed by atoms with Crippen molar-refractivity contribution in [2.45, 2.75) is 11.8 Å². The van der Waals surface area contributed by atoms with Gasteiger partial charge < -0.3 is 14.4 Å². The Balaban J connectivity index is 3.69. The quantitative estimate of drug-likeness (QED) is 0.429. The summed E-state index contributed by atoms with van der Waals surface area (Å²) in [6.45, 7) is 0.634. The van der Waals surface area contributed by atoms with Gasteiger partial charge in [-0.1, -0.05) is 0 Å². The fourth-order valence-corrected chi connectivity index (χ4v) is 1.38. The minimum Gasteiger partial charge on any atom is -0.550 e. The summed E-state index contributed by atoms with van der Waals surface area (Å²) in [5.74, 6) is -1.08. The van der Waals surface area contributed by atoms with Crippen LogP contribution in [0, 0.1) is 0 Å². The summed E-state index contributed by atoms with van der Waals surface area (Å²) in [6.07, 6.45) is -0.0723. The summed E-state index contributed by atoms with van der Waals surface area (Å²) in [4.78, 5) is 10.1. The summed E-state index contributed by atoms with van der Waals surface area (Å²) in [7, 11) is 5.89. The first kappa shape index (κ1) is 10.7. The van der Waals surface area contributed by atoms with Gasteiger partial charge in [0.15, 0.2) is 0 Å². The van der Waals surface area contributed by atoms with Gasteiger partial charge in [-0.05, 0) is 0 Å². The topological polar surface area (TPSA) is 40.1 Å².